The first-order chi connectivity index (χ1) is 29.7. The van der Waals surface area contributed by atoms with Crippen LogP contribution in [-0.4, -0.2) is 78.5 Å². The van der Waals surface area contributed by atoms with Gasteiger partial charge in [0.05, 0.1) is 70.2 Å². The molecule has 64 heavy (non-hydrogen) atoms. The van der Waals surface area contributed by atoms with E-state index in [1.165, 1.54) is 0 Å². The van der Waals surface area contributed by atoms with Crippen molar-refractivity contribution in [3.05, 3.63) is 144 Å². The molecule has 0 amide bonds. The standard InChI is InChI=1S/C25H34O5.C23H28O4.CH4.IO4.Na/c1-17-18(2)24(29-15-21-12-8-5-9-13-21)25(23(27)19(3)26)30-22(17)16-28-14-20-10-6-4-7-11-20;1-17-18(2)23(26-15-20-11-7-4-8-12-20)21(13-24)27-22(17)16-25-14-19-9-5-3-6-10-19;;2-1(3,4)5;/h4-13,17-19,22-27H,14-16H2,1-3H3;3-13,17-18,21-23H,14-16H2,1-2H3;1H4;;/q;;;-1;+1/t17-,18-,19+,22?,23-,24?,25+;17-,18-,21+,22?,23?;;;/m00.../s1. The van der Waals surface area contributed by atoms with Gasteiger partial charge in [-0.2, -0.15) is 0 Å². The van der Waals surface area contributed by atoms with E-state index in [9.17, 15) is 15.0 Å². The number of carbonyl (C=O) groups excluding carboxylic acids is 1. The Bertz CT molecular complexity index is 1780. The number of aliphatic hydroxyl groups is 2. The number of rotatable bonds is 17. The minimum absolute atomic E-state index is 0. The van der Waals surface area contributed by atoms with Gasteiger partial charge in [-0.25, -0.2) is 0 Å². The fourth-order valence-electron chi connectivity index (χ4n) is 7.48. The van der Waals surface area contributed by atoms with E-state index in [4.69, 9.17) is 42.2 Å². The number of ether oxygens (including phenoxy) is 6. The summed E-state index contributed by atoms with van der Waals surface area (Å²) in [5.74, 6) is 0.742. The largest absolute Gasteiger partial charge is 1.00 e. The van der Waals surface area contributed by atoms with Crippen LogP contribution in [-0.2, 0) is 59.6 Å². The molecule has 2 aliphatic heterocycles. The Hall–Kier alpha value is -2.20. The van der Waals surface area contributed by atoms with Crippen molar-refractivity contribution in [3.63, 3.8) is 0 Å². The first-order valence-electron chi connectivity index (χ1n) is 20.9. The van der Waals surface area contributed by atoms with E-state index in [2.05, 4.69) is 27.7 Å². The van der Waals surface area contributed by atoms with Crippen molar-refractivity contribution >= 4 is 6.29 Å². The summed E-state index contributed by atoms with van der Waals surface area (Å²) >= 11 is -5.94. The third-order valence-electron chi connectivity index (χ3n) is 11.5. The molecular weight excluding hydrogens is 946 g/mol. The zero-order valence-corrected chi connectivity index (χ0v) is 41.2. The van der Waals surface area contributed by atoms with E-state index >= 15 is 0 Å². The second kappa shape index (κ2) is 30.2. The Labute approximate surface area is 408 Å². The molecule has 348 valence electrons. The molecule has 4 aromatic rings. The van der Waals surface area contributed by atoms with Gasteiger partial charge in [0.2, 0.25) is 0 Å². The summed E-state index contributed by atoms with van der Waals surface area (Å²) in [5, 5.41) is 20.7. The van der Waals surface area contributed by atoms with Crippen LogP contribution in [0.3, 0.4) is 0 Å². The maximum atomic E-state index is 11.6. The summed E-state index contributed by atoms with van der Waals surface area (Å²) in [4.78, 5) is 11.6. The topological polar surface area (TPSA) is 205 Å². The molecule has 2 aliphatic rings. The van der Waals surface area contributed by atoms with Gasteiger partial charge >= 0.3 is 29.6 Å². The number of benzene rings is 4. The normalized spacial score (nSPS) is 26.2. The molecule has 0 bridgehead atoms. The van der Waals surface area contributed by atoms with Gasteiger partial charge in [-0.3, -0.25) is 13.7 Å². The van der Waals surface area contributed by atoms with Crippen LogP contribution in [0.1, 0.15) is 64.3 Å². The van der Waals surface area contributed by atoms with Crippen molar-refractivity contribution in [3.8, 4) is 0 Å². The van der Waals surface area contributed by atoms with Gasteiger partial charge in [-0.05, 0) is 52.8 Å². The average molecular weight is 1010 g/mol. The quantitative estimate of drug-likeness (QED) is 0.0639. The Morgan fingerprint density at radius 2 is 0.906 bits per heavy atom. The Balaban J connectivity index is 0.000000388. The van der Waals surface area contributed by atoms with Gasteiger partial charge in [0.25, 0.3) is 0 Å². The second-order valence-corrected chi connectivity index (χ2v) is 18.1. The molecular formula is C49H66INaO13. The van der Waals surface area contributed by atoms with Crippen LogP contribution >= 0.6 is 0 Å². The Kier molecular flexibility index (Phi) is 27.4. The van der Waals surface area contributed by atoms with Crippen molar-refractivity contribution in [2.24, 2.45) is 23.7 Å². The maximum absolute atomic E-state index is 11.6. The molecule has 13 nitrogen and oxygen atoms in total. The van der Waals surface area contributed by atoms with E-state index < -0.39 is 44.5 Å². The molecule has 4 aromatic carbocycles. The Morgan fingerprint density at radius 1 is 0.578 bits per heavy atom. The molecule has 2 heterocycles. The molecule has 0 saturated carbocycles. The minimum atomic E-state index is -5.94. The number of carbonyl (C=O) groups is 1. The van der Waals surface area contributed by atoms with Gasteiger partial charge in [0.15, 0.2) is 6.29 Å². The third kappa shape index (κ3) is 20.0. The third-order valence-corrected chi connectivity index (χ3v) is 11.5. The maximum Gasteiger partial charge on any atom is 1.00 e. The summed E-state index contributed by atoms with van der Waals surface area (Å²) in [6.07, 6.45) is -3.13. The molecule has 0 aliphatic carbocycles. The summed E-state index contributed by atoms with van der Waals surface area (Å²) in [6.45, 7) is 13.0. The predicted molar refractivity (Wildman–Crippen MR) is 227 cm³/mol. The van der Waals surface area contributed by atoms with Gasteiger partial charge in [0.1, 0.15) is 38.4 Å². The minimum Gasteiger partial charge on any atom is -0.391 e. The fraction of sp³-hybridized carbons (Fsp3) is 0.490. The number of aldehydes is 1. The van der Waals surface area contributed by atoms with Crippen LogP contribution < -0.4 is 63.4 Å². The number of hydrogen-bond donors (Lipinski definition) is 2. The molecule has 0 radical (unpaired) electrons. The predicted octanol–water partition coefficient (Wildman–Crippen LogP) is -2.51. The van der Waals surface area contributed by atoms with Gasteiger partial charge in [-0.1, -0.05) is 156 Å². The Morgan fingerprint density at radius 3 is 1.27 bits per heavy atom. The molecule has 15 heteroatoms. The molecule has 2 N–H and O–H groups in total. The zero-order chi connectivity index (χ0) is 45.1. The average Bonchev–Trinajstić information content (AvgIpc) is 3.26. The van der Waals surface area contributed by atoms with Crippen LogP contribution in [0, 0.1) is 23.7 Å². The smallest absolute Gasteiger partial charge is 0.391 e. The van der Waals surface area contributed by atoms with Gasteiger partial charge < -0.3 is 43.4 Å². The van der Waals surface area contributed by atoms with E-state index in [-0.39, 0.29) is 85.1 Å². The molecule has 4 unspecified atom stereocenters. The van der Waals surface area contributed by atoms with Crippen LogP contribution in [0.15, 0.2) is 121 Å². The fourth-order valence-corrected chi connectivity index (χ4v) is 7.48. The van der Waals surface area contributed by atoms with Gasteiger partial charge in [0, 0.05) is 0 Å². The summed E-state index contributed by atoms with van der Waals surface area (Å²) in [7, 11) is 0. The molecule has 12 atom stereocenters. The molecule has 2 fully saturated rings. The van der Waals surface area contributed by atoms with E-state index in [1.807, 2.05) is 121 Å². The first-order valence-corrected chi connectivity index (χ1v) is 24.5. The first kappa shape index (κ1) is 57.9. The van der Waals surface area contributed by atoms with E-state index in [0.717, 1.165) is 28.5 Å². The molecule has 0 aromatic heterocycles. The molecule has 6 rings (SSSR count). The van der Waals surface area contributed by atoms with Crippen molar-refractivity contribution in [1.82, 2.24) is 0 Å². The number of aliphatic hydroxyl groups excluding tert-OH is 2. The number of hydrogen-bond acceptors (Lipinski definition) is 13. The van der Waals surface area contributed by atoms with Crippen molar-refractivity contribution in [2.75, 3.05) is 13.2 Å². The molecule has 0 spiro atoms. The van der Waals surface area contributed by atoms with Crippen LogP contribution in [0.4, 0.5) is 0 Å². The second-order valence-electron chi connectivity index (χ2n) is 16.0. The van der Waals surface area contributed by atoms with Crippen molar-refractivity contribution < 1.29 is 107 Å². The van der Waals surface area contributed by atoms with Crippen molar-refractivity contribution in [1.29, 1.82) is 0 Å². The van der Waals surface area contributed by atoms with Crippen LogP contribution in [0.5, 0.6) is 0 Å². The zero-order valence-electron chi connectivity index (χ0n) is 37.1. The van der Waals surface area contributed by atoms with E-state index in [1.54, 1.807) is 6.92 Å². The van der Waals surface area contributed by atoms with Crippen LogP contribution in [0.2, 0.25) is 0 Å². The monoisotopic (exact) mass is 1010 g/mol. The summed E-state index contributed by atoms with van der Waals surface area (Å²) in [5.41, 5.74) is 4.40. The van der Waals surface area contributed by atoms with E-state index in [0.29, 0.717) is 39.6 Å². The van der Waals surface area contributed by atoms with Gasteiger partial charge in [-0.15, -0.1) is 0 Å². The van der Waals surface area contributed by atoms with Crippen molar-refractivity contribution in [2.45, 2.75) is 117 Å². The SMILES string of the molecule is C.C[C@@H]1C(COCc2ccccc2)O[C@H](C=O)C(OCc2ccccc2)[C@H]1C.C[C@@H]1C(COCc2ccccc2)O[C@H]([C@@H](O)[C@@H](C)O)C(OCc2ccccc2)[C@H]1C.[Na+].[O-][I+3]([O-])([O-])[O-]. The summed E-state index contributed by atoms with van der Waals surface area (Å²) < 4.78 is 70.9. The van der Waals surface area contributed by atoms with Crippen LogP contribution in [0.25, 0.3) is 0 Å². The number of halogens is 1. The summed E-state index contributed by atoms with van der Waals surface area (Å²) in [6, 6.07) is 40.0. The molecule has 2 saturated heterocycles.